The smallest absolute Gasteiger partial charge is 0.229 e. The average molecular weight is 257 g/mol. The summed E-state index contributed by atoms with van der Waals surface area (Å²) in [5.41, 5.74) is 1.99. The van der Waals surface area contributed by atoms with Crippen molar-refractivity contribution in [2.75, 3.05) is 11.4 Å². The predicted octanol–water partition coefficient (Wildman–Crippen LogP) is 1.94. The molecule has 19 heavy (non-hydrogen) atoms. The lowest BCUT2D eigenvalue weighted by Gasteiger charge is -2.35. The van der Waals surface area contributed by atoms with Gasteiger partial charge < -0.3 is 13.9 Å². The molecule has 0 aliphatic carbocycles. The van der Waals surface area contributed by atoms with Crippen LogP contribution in [0.3, 0.4) is 0 Å². The number of fused-ring (bicyclic) bond motifs is 2. The van der Waals surface area contributed by atoms with E-state index in [9.17, 15) is 4.79 Å². The standard InChI is InChI=1S/C14H15N3O2/c18-13-6-14(9-16(13)12-3-5-19-8-12)4-1-2-11-7-15-10-17(11)14/h3,5,7-8,10H,1-2,4,6,9H2. The fourth-order valence-electron chi connectivity index (χ4n) is 3.44. The number of hydrogen-bond acceptors (Lipinski definition) is 3. The molecule has 2 aliphatic rings. The van der Waals surface area contributed by atoms with Crippen molar-refractivity contribution in [2.45, 2.75) is 31.2 Å². The molecular formula is C14H15N3O2. The largest absolute Gasteiger partial charge is 0.470 e. The van der Waals surface area contributed by atoms with Crippen LogP contribution in [0.4, 0.5) is 5.69 Å². The number of hydrogen-bond donors (Lipinski definition) is 0. The second-order valence-corrected chi connectivity index (χ2v) is 5.47. The summed E-state index contributed by atoms with van der Waals surface area (Å²) < 4.78 is 7.31. The molecule has 2 aromatic heterocycles. The molecule has 1 saturated heterocycles. The molecule has 0 radical (unpaired) electrons. The Morgan fingerprint density at radius 1 is 1.42 bits per heavy atom. The quantitative estimate of drug-likeness (QED) is 0.784. The maximum atomic E-state index is 12.3. The molecular weight excluding hydrogens is 242 g/mol. The highest BCUT2D eigenvalue weighted by Gasteiger charge is 2.47. The summed E-state index contributed by atoms with van der Waals surface area (Å²) in [5.74, 6) is 0.169. The molecule has 4 rings (SSSR count). The van der Waals surface area contributed by atoms with E-state index in [0.29, 0.717) is 13.0 Å². The number of aromatic nitrogens is 2. The van der Waals surface area contributed by atoms with E-state index in [2.05, 4.69) is 9.55 Å². The molecule has 4 heterocycles. The van der Waals surface area contributed by atoms with Gasteiger partial charge in [0.25, 0.3) is 0 Å². The normalized spacial score (nSPS) is 26.1. The van der Waals surface area contributed by atoms with Crippen molar-refractivity contribution in [3.63, 3.8) is 0 Å². The molecule has 5 heteroatoms. The summed E-state index contributed by atoms with van der Waals surface area (Å²) >= 11 is 0. The minimum atomic E-state index is -0.113. The van der Waals surface area contributed by atoms with Gasteiger partial charge in [0.15, 0.2) is 0 Å². The molecule has 0 bridgehead atoms. The number of anilines is 1. The van der Waals surface area contributed by atoms with E-state index in [0.717, 1.165) is 24.9 Å². The van der Waals surface area contributed by atoms with Gasteiger partial charge in [-0.2, -0.15) is 0 Å². The molecule has 98 valence electrons. The molecule has 1 unspecified atom stereocenters. The minimum Gasteiger partial charge on any atom is -0.470 e. The fourth-order valence-corrected chi connectivity index (χ4v) is 3.44. The Morgan fingerprint density at radius 2 is 2.37 bits per heavy atom. The van der Waals surface area contributed by atoms with Crippen molar-refractivity contribution in [2.24, 2.45) is 0 Å². The zero-order chi connectivity index (χ0) is 12.9. The number of carbonyl (C=O) groups excluding carboxylic acids is 1. The van der Waals surface area contributed by atoms with Crippen molar-refractivity contribution in [1.29, 1.82) is 0 Å². The van der Waals surface area contributed by atoms with Crippen LogP contribution in [0.25, 0.3) is 0 Å². The number of amides is 1. The first-order chi connectivity index (χ1) is 9.28. The monoisotopic (exact) mass is 257 g/mol. The Morgan fingerprint density at radius 3 is 3.21 bits per heavy atom. The Hall–Kier alpha value is -2.04. The van der Waals surface area contributed by atoms with Crippen molar-refractivity contribution in [1.82, 2.24) is 9.55 Å². The zero-order valence-corrected chi connectivity index (χ0v) is 10.6. The summed E-state index contributed by atoms with van der Waals surface area (Å²) in [6.07, 6.45) is 10.8. The van der Waals surface area contributed by atoms with Crippen LogP contribution in [-0.4, -0.2) is 22.0 Å². The third kappa shape index (κ3) is 1.47. The summed E-state index contributed by atoms with van der Waals surface area (Å²) in [4.78, 5) is 18.4. The summed E-state index contributed by atoms with van der Waals surface area (Å²) in [6, 6.07) is 1.84. The first-order valence-electron chi connectivity index (χ1n) is 6.63. The lowest BCUT2D eigenvalue weighted by molar-refractivity contribution is -0.117. The van der Waals surface area contributed by atoms with Gasteiger partial charge in [-0.1, -0.05) is 0 Å². The van der Waals surface area contributed by atoms with E-state index < -0.39 is 0 Å². The number of rotatable bonds is 1. The van der Waals surface area contributed by atoms with Crippen LogP contribution in [0.15, 0.2) is 35.5 Å². The summed E-state index contributed by atoms with van der Waals surface area (Å²) in [7, 11) is 0. The lowest BCUT2D eigenvalue weighted by Crippen LogP contribution is -2.40. The third-order valence-electron chi connectivity index (χ3n) is 4.35. The topological polar surface area (TPSA) is 51.3 Å². The van der Waals surface area contributed by atoms with Gasteiger partial charge in [0.1, 0.15) is 6.26 Å². The maximum absolute atomic E-state index is 12.3. The highest BCUT2D eigenvalue weighted by Crippen LogP contribution is 2.40. The van der Waals surface area contributed by atoms with Gasteiger partial charge in [0.2, 0.25) is 5.91 Å². The first kappa shape index (κ1) is 10.8. The molecule has 0 N–H and O–H groups in total. The van der Waals surface area contributed by atoms with Crippen molar-refractivity contribution >= 4 is 11.6 Å². The van der Waals surface area contributed by atoms with E-state index in [4.69, 9.17) is 4.42 Å². The molecule has 2 aliphatic heterocycles. The van der Waals surface area contributed by atoms with Gasteiger partial charge in [-0.25, -0.2) is 4.98 Å². The predicted molar refractivity (Wildman–Crippen MR) is 68.8 cm³/mol. The first-order valence-corrected chi connectivity index (χ1v) is 6.63. The molecule has 0 aromatic carbocycles. The third-order valence-corrected chi connectivity index (χ3v) is 4.35. The second kappa shape index (κ2) is 3.73. The van der Waals surface area contributed by atoms with Gasteiger partial charge in [-0.3, -0.25) is 4.79 Å². The Balaban J connectivity index is 1.74. The Kier molecular flexibility index (Phi) is 2.13. The average Bonchev–Trinajstić information content (AvgIpc) is 3.10. The van der Waals surface area contributed by atoms with Gasteiger partial charge in [0, 0.05) is 18.0 Å². The maximum Gasteiger partial charge on any atom is 0.229 e. The molecule has 0 saturated carbocycles. The SMILES string of the molecule is O=C1CC2(CCCc3cncn32)CN1c1ccoc1. The van der Waals surface area contributed by atoms with E-state index in [1.54, 1.807) is 12.5 Å². The Labute approximate surface area is 110 Å². The van der Waals surface area contributed by atoms with Crippen molar-refractivity contribution < 1.29 is 9.21 Å². The molecule has 1 fully saturated rings. The molecule has 5 nitrogen and oxygen atoms in total. The van der Waals surface area contributed by atoms with Gasteiger partial charge >= 0.3 is 0 Å². The van der Waals surface area contributed by atoms with E-state index in [1.807, 2.05) is 23.5 Å². The number of carbonyl (C=O) groups is 1. The van der Waals surface area contributed by atoms with Gasteiger partial charge in [-0.15, -0.1) is 0 Å². The van der Waals surface area contributed by atoms with E-state index in [1.165, 1.54) is 5.69 Å². The lowest BCUT2D eigenvalue weighted by atomic mass is 9.87. The van der Waals surface area contributed by atoms with Crippen LogP contribution in [-0.2, 0) is 16.8 Å². The highest BCUT2D eigenvalue weighted by atomic mass is 16.3. The van der Waals surface area contributed by atoms with Crippen LogP contribution in [0.1, 0.15) is 25.0 Å². The van der Waals surface area contributed by atoms with Crippen LogP contribution in [0.5, 0.6) is 0 Å². The summed E-state index contributed by atoms with van der Waals surface area (Å²) in [6.45, 7) is 0.717. The van der Waals surface area contributed by atoms with Gasteiger partial charge in [-0.05, 0) is 19.3 Å². The van der Waals surface area contributed by atoms with Crippen LogP contribution in [0, 0.1) is 0 Å². The van der Waals surface area contributed by atoms with Crippen LogP contribution >= 0.6 is 0 Å². The second-order valence-electron chi connectivity index (χ2n) is 5.47. The number of furan rings is 1. The van der Waals surface area contributed by atoms with E-state index in [-0.39, 0.29) is 11.4 Å². The Bertz CT molecular complexity index is 616. The molecule has 1 spiro atoms. The number of nitrogens with zero attached hydrogens (tertiary/aromatic N) is 3. The summed E-state index contributed by atoms with van der Waals surface area (Å²) in [5, 5.41) is 0. The van der Waals surface area contributed by atoms with Crippen molar-refractivity contribution in [3.8, 4) is 0 Å². The zero-order valence-electron chi connectivity index (χ0n) is 10.6. The molecule has 2 aromatic rings. The number of imidazole rings is 1. The van der Waals surface area contributed by atoms with Crippen LogP contribution < -0.4 is 4.90 Å². The highest BCUT2D eigenvalue weighted by molar-refractivity contribution is 5.96. The molecule has 1 amide bonds. The van der Waals surface area contributed by atoms with Crippen molar-refractivity contribution in [3.05, 3.63) is 36.8 Å². The minimum absolute atomic E-state index is 0.113. The van der Waals surface area contributed by atoms with E-state index >= 15 is 0 Å². The molecule has 1 atom stereocenters. The fraction of sp³-hybridized carbons (Fsp3) is 0.429. The van der Waals surface area contributed by atoms with Crippen LogP contribution in [0.2, 0.25) is 0 Å². The number of aryl methyl sites for hydroxylation is 1. The van der Waals surface area contributed by atoms with Gasteiger partial charge in [0.05, 0.1) is 36.8 Å².